The van der Waals surface area contributed by atoms with Gasteiger partial charge >= 0.3 is 5.97 Å². The lowest BCUT2D eigenvalue weighted by atomic mass is 10.2. The Morgan fingerprint density at radius 3 is 2.48 bits per heavy atom. The summed E-state index contributed by atoms with van der Waals surface area (Å²) >= 11 is 2.24. The summed E-state index contributed by atoms with van der Waals surface area (Å²) in [5, 5.41) is 3.15. The second-order valence-electron chi connectivity index (χ2n) is 5.53. The standard InChI is InChI=1S/C16H17IN2O2/c1-16(2,3)21-15(20)13-5-4-10-18-14(13)19-12-8-6-11(17)7-9-12/h4-10H,1-3H3,(H,18,19). The average Bonchev–Trinajstić information content (AvgIpc) is 2.40. The summed E-state index contributed by atoms with van der Waals surface area (Å²) in [5.41, 5.74) is 0.762. The summed E-state index contributed by atoms with van der Waals surface area (Å²) < 4.78 is 6.55. The van der Waals surface area contributed by atoms with Crippen LogP contribution in [0, 0.1) is 3.57 Å². The van der Waals surface area contributed by atoms with E-state index in [9.17, 15) is 4.79 Å². The summed E-state index contributed by atoms with van der Waals surface area (Å²) in [6.07, 6.45) is 1.64. The minimum absolute atomic E-state index is 0.386. The predicted molar refractivity (Wildman–Crippen MR) is 91.8 cm³/mol. The molecule has 1 heterocycles. The Bertz CT molecular complexity index is 633. The Labute approximate surface area is 138 Å². The lowest BCUT2D eigenvalue weighted by Crippen LogP contribution is -2.24. The van der Waals surface area contributed by atoms with Gasteiger partial charge in [-0.15, -0.1) is 0 Å². The number of halogens is 1. The molecule has 1 aromatic carbocycles. The van der Waals surface area contributed by atoms with Gasteiger partial charge in [0.15, 0.2) is 0 Å². The van der Waals surface area contributed by atoms with Gasteiger partial charge in [-0.3, -0.25) is 0 Å². The van der Waals surface area contributed by atoms with Gasteiger partial charge < -0.3 is 10.1 Å². The topological polar surface area (TPSA) is 51.2 Å². The van der Waals surface area contributed by atoms with Crippen LogP contribution >= 0.6 is 22.6 Å². The maximum Gasteiger partial charge on any atom is 0.342 e. The molecule has 0 atom stereocenters. The van der Waals surface area contributed by atoms with Crippen LogP contribution in [0.5, 0.6) is 0 Å². The highest BCUT2D eigenvalue weighted by molar-refractivity contribution is 14.1. The first-order valence-corrected chi connectivity index (χ1v) is 7.64. The van der Waals surface area contributed by atoms with Gasteiger partial charge in [0.25, 0.3) is 0 Å². The highest BCUT2D eigenvalue weighted by Crippen LogP contribution is 2.21. The SMILES string of the molecule is CC(C)(C)OC(=O)c1cccnc1Nc1ccc(I)cc1. The van der Waals surface area contributed by atoms with E-state index in [1.165, 1.54) is 0 Å². The van der Waals surface area contributed by atoms with E-state index in [-0.39, 0.29) is 5.97 Å². The number of nitrogens with one attached hydrogen (secondary N) is 1. The van der Waals surface area contributed by atoms with Crippen LogP contribution in [0.3, 0.4) is 0 Å². The zero-order valence-electron chi connectivity index (χ0n) is 12.2. The van der Waals surface area contributed by atoms with E-state index in [2.05, 4.69) is 32.9 Å². The first kappa shape index (κ1) is 15.8. The number of nitrogens with zero attached hydrogens (tertiary/aromatic N) is 1. The number of carbonyl (C=O) groups excluding carboxylic acids is 1. The number of benzene rings is 1. The molecule has 110 valence electrons. The number of hydrogen-bond acceptors (Lipinski definition) is 4. The maximum atomic E-state index is 12.2. The van der Waals surface area contributed by atoms with Crippen molar-refractivity contribution in [2.75, 3.05) is 5.32 Å². The fraction of sp³-hybridized carbons (Fsp3) is 0.250. The van der Waals surface area contributed by atoms with Crippen molar-refractivity contribution in [3.63, 3.8) is 0 Å². The fourth-order valence-electron chi connectivity index (χ4n) is 1.67. The summed E-state index contributed by atoms with van der Waals surface area (Å²) in [5.74, 6) is 0.108. The van der Waals surface area contributed by atoms with Crippen molar-refractivity contribution in [2.24, 2.45) is 0 Å². The normalized spacial score (nSPS) is 11.0. The Hall–Kier alpha value is -1.63. The van der Waals surface area contributed by atoms with Crippen molar-refractivity contribution in [1.29, 1.82) is 0 Å². The van der Waals surface area contributed by atoms with Gasteiger partial charge in [0.1, 0.15) is 17.0 Å². The first-order valence-electron chi connectivity index (χ1n) is 6.56. The van der Waals surface area contributed by atoms with Gasteiger partial charge in [0, 0.05) is 15.5 Å². The molecule has 0 radical (unpaired) electrons. The van der Waals surface area contributed by atoms with Gasteiger partial charge in [0.2, 0.25) is 0 Å². The van der Waals surface area contributed by atoms with E-state index in [1.807, 2.05) is 45.0 Å². The lowest BCUT2D eigenvalue weighted by molar-refractivity contribution is 0.00704. The van der Waals surface area contributed by atoms with Gasteiger partial charge in [0.05, 0.1) is 0 Å². The highest BCUT2D eigenvalue weighted by Gasteiger charge is 2.20. The monoisotopic (exact) mass is 396 g/mol. The van der Waals surface area contributed by atoms with Crippen molar-refractivity contribution in [2.45, 2.75) is 26.4 Å². The molecule has 0 aliphatic heterocycles. The number of rotatable bonds is 3. The Kier molecular flexibility index (Phi) is 4.82. The first-order chi connectivity index (χ1) is 9.85. The molecule has 0 aliphatic rings. The van der Waals surface area contributed by atoms with Crippen LogP contribution in [-0.2, 0) is 4.74 Å². The Balaban J connectivity index is 2.24. The number of anilines is 2. The number of aromatic nitrogens is 1. The van der Waals surface area contributed by atoms with E-state index >= 15 is 0 Å². The summed E-state index contributed by atoms with van der Waals surface area (Å²) in [7, 11) is 0. The summed E-state index contributed by atoms with van der Waals surface area (Å²) in [4.78, 5) is 16.5. The molecule has 2 rings (SSSR count). The molecule has 0 fully saturated rings. The van der Waals surface area contributed by atoms with Crippen LogP contribution in [0.2, 0.25) is 0 Å². The number of carbonyl (C=O) groups is 1. The van der Waals surface area contributed by atoms with E-state index < -0.39 is 5.60 Å². The minimum Gasteiger partial charge on any atom is -0.456 e. The largest absolute Gasteiger partial charge is 0.456 e. The molecule has 5 heteroatoms. The van der Waals surface area contributed by atoms with Gasteiger partial charge in [-0.2, -0.15) is 0 Å². The van der Waals surface area contributed by atoms with E-state index in [0.717, 1.165) is 9.26 Å². The van der Waals surface area contributed by atoms with Gasteiger partial charge in [-0.05, 0) is 79.8 Å². The second kappa shape index (κ2) is 6.43. The smallest absolute Gasteiger partial charge is 0.342 e. The van der Waals surface area contributed by atoms with Crippen LogP contribution < -0.4 is 5.32 Å². The second-order valence-corrected chi connectivity index (χ2v) is 6.78. The molecule has 0 amide bonds. The summed E-state index contributed by atoms with van der Waals surface area (Å²) in [6, 6.07) is 11.3. The number of esters is 1. The lowest BCUT2D eigenvalue weighted by Gasteiger charge is -2.20. The number of ether oxygens (including phenoxy) is 1. The molecule has 1 N–H and O–H groups in total. The minimum atomic E-state index is -0.535. The molecule has 2 aromatic rings. The van der Waals surface area contributed by atoms with Crippen LogP contribution in [0.4, 0.5) is 11.5 Å². The molecule has 1 aromatic heterocycles. The maximum absolute atomic E-state index is 12.2. The summed E-state index contributed by atoms with van der Waals surface area (Å²) in [6.45, 7) is 5.52. The Morgan fingerprint density at radius 1 is 1.19 bits per heavy atom. The van der Waals surface area contributed by atoms with Crippen molar-refractivity contribution in [3.05, 3.63) is 51.7 Å². The zero-order chi connectivity index (χ0) is 15.5. The van der Waals surface area contributed by atoms with Crippen molar-refractivity contribution >= 4 is 40.1 Å². The molecule has 0 bridgehead atoms. The molecular weight excluding hydrogens is 379 g/mol. The van der Waals surface area contributed by atoms with Crippen molar-refractivity contribution in [3.8, 4) is 0 Å². The Morgan fingerprint density at radius 2 is 1.86 bits per heavy atom. The predicted octanol–water partition coefficient (Wildman–Crippen LogP) is 4.39. The quantitative estimate of drug-likeness (QED) is 0.618. The van der Waals surface area contributed by atoms with E-state index in [1.54, 1.807) is 18.3 Å². The average molecular weight is 396 g/mol. The third-order valence-electron chi connectivity index (χ3n) is 2.53. The zero-order valence-corrected chi connectivity index (χ0v) is 14.3. The van der Waals surface area contributed by atoms with Crippen LogP contribution in [0.15, 0.2) is 42.6 Å². The third kappa shape index (κ3) is 4.70. The third-order valence-corrected chi connectivity index (χ3v) is 3.25. The molecule has 21 heavy (non-hydrogen) atoms. The van der Waals surface area contributed by atoms with Crippen LogP contribution in [0.1, 0.15) is 31.1 Å². The fourth-order valence-corrected chi connectivity index (χ4v) is 2.03. The molecule has 0 spiro atoms. The van der Waals surface area contributed by atoms with Gasteiger partial charge in [-0.1, -0.05) is 0 Å². The molecule has 0 saturated carbocycles. The molecule has 0 saturated heterocycles. The molecule has 0 unspecified atom stereocenters. The van der Waals surface area contributed by atoms with Crippen molar-refractivity contribution < 1.29 is 9.53 Å². The molecular formula is C16H17IN2O2. The number of pyridine rings is 1. The number of hydrogen-bond donors (Lipinski definition) is 1. The molecule has 4 nitrogen and oxygen atoms in total. The van der Waals surface area contributed by atoms with E-state index in [0.29, 0.717) is 11.4 Å². The van der Waals surface area contributed by atoms with Crippen LogP contribution in [0.25, 0.3) is 0 Å². The van der Waals surface area contributed by atoms with Gasteiger partial charge in [-0.25, -0.2) is 9.78 Å². The van der Waals surface area contributed by atoms with E-state index in [4.69, 9.17) is 4.74 Å². The van der Waals surface area contributed by atoms with Crippen LogP contribution in [-0.4, -0.2) is 16.6 Å². The van der Waals surface area contributed by atoms with Crippen molar-refractivity contribution in [1.82, 2.24) is 4.98 Å². The molecule has 0 aliphatic carbocycles. The highest BCUT2D eigenvalue weighted by atomic mass is 127.